The highest BCUT2D eigenvalue weighted by Gasteiger charge is 2.30. The van der Waals surface area contributed by atoms with Gasteiger partial charge in [0, 0.05) is 19.0 Å². The maximum absolute atomic E-state index is 12.2. The quantitative estimate of drug-likeness (QED) is 0.896. The summed E-state index contributed by atoms with van der Waals surface area (Å²) in [5, 5.41) is 9.48. The highest BCUT2D eigenvalue weighted by Crippen LogP contribution is 2.30. The second-order valence-electron chi connectivity index (χ2n) is 5.22. The lowest BCUT2D eigenvalue weighted by Gasteiger charge is -2.21. The standard InChI is InChI=1S/C16H23N3O/c1-4-12(3)17-16(20)14-11-15(19(5-2)18-14)13-9-7-6-8-10-13/h6-10,12,15H,4-5,11H2,1-3H3,(H,17,20). The first-order chi connectivity index (χ1) is 9.65. The first-order valence-electron chi connectivity index (χ1n) is 7.35. The zero-order valence-electron chi connectivity index (χ0n) is 12.5. The normalized spacial score (nSPS) is 19.6. The summed E-state index contributed by atoms with van der Waals surface area (Å²) in [6.45, 7) is 6.95. The molecule has 1 aromatic rings. The van der Waals surface area contributed by atoms with Gasteiger partial charge in [-0.2, -0.15) is 5.10 Å². The van der Waals surface area contributed by atoms with E-state index in [0.29, 0.717) is 12.1 Å². The van der Waals surface area contributed by atoms with Crippen molar-refractivity contribution in [2.24, 2.45) is 5.10 Å². The molecule has 0 bridgehead atoms. The van der Waals surface area contributed by atoms with Gasteiger partial charge in [0.25, 0.3) is 5.91 Å². The molecule has 1 N–H and O–H groups in total. The zero-order chi connectivity index (χ0) is 14.5. The van der Waals surface area contributed by atoms with E-state index in [4.69, 9.17) is 0 Å². The molecule has 2 atom stereocenters. The Morgan fingerprint density at radius 3 is 2.70 bits per heavy atom. The van der Waals surface area contributed by atoms with Gasteiger partial charge < -0.3 is 5.32 Å². The van der Waals surface area contributed by atoms with Gasteiger partial charge in [0.05, 0.1) is 6.04 Å². The number of amides is 1. The topological polar surface area (TPSA) is 44.7 Å². The van der Waals surface area contributed by atoms with Gasteiger partial charge in [-0.15, -0.1) is 0 Å². The summed E-state index contributed by atoms with van der Waals surface area (Å²) in [4.78, 5) is 12.2. The minimum absolute atomic E-state index is 0.0313. The average Bonchev–Trinajstić information content (AvgIpc) is 2.92. The summed E-state index contributed by atoms with van der Waals surface area (Å²) in [5.41, 5.74) is 1.85. The maximum atomic E-state index is 12.2. The number of rotatable bonds is 5. The number of benzene rings is 1. The molecule has 0 saturated carbocycles. The predicted molar refractivity (Wildman–Crippen MR) is 81.5 cm³/mol. The van der Waals surface area contributed by atoms with Crippen LogP contribution in [0, 0.1) is 0 Å². The van der Waals surface area contributed by atoms with Crippen molar-refractivity contribution < 1.29 is 4.79 Å². The number of nitrogens with zero attached hydrogens (tertiary/aromatic N) is 2. The number of hydrogen-bond donors (Lipinski definition) is 1. The number of carbonyl (C=O) groups is 1. The molecule has 1 heterocycles. The summed E-state index contributed by atoms with van der Waals surface area (Å²) in [6.07, 6.45) is 1.61. The Balaban J connectivity index is 2.09. The van der Waals surface area contributed by atoms with Gasteiger partial charge in [0.2, 0.25) is 0 Å². The summed E-state index contributed by atoms with van der Waals surface area (Å²) < 4.78 is 0. The smallest absolute Gasteiger partial charge is 0.267 e. The van der Waals surface area contributed by atoms with Crippen LogP contribution >= 0.6 is 0 Å². The van der Waals surface area contributed by atoms with Gasteiger partial charge in [-0.05, 0) is 25.8 Å². The molecule has 1 amide bonds. The molecule has 0 aromatic heterocycles. The highest BCUT2D eigenvalue weighted by molar-refractivity contribution is 6.39. The third-order valence-corrected chi connectivity index (χ3v) is 3.76. The first-order valence-corrected chi connectivity index (χ1v) is 7.35. The molecule has 0 fully saturated rings. The van der Waals surface area contributed by atoms with Crippen molar-refractivity contribution in [3.8, 4) is 0 Å². The van der Waals surface area contributed by atoms with Gasteiger partial charge in [-0.3, -0.25) is 9.80 Å². The van der Waals surface area contributed by atoms with Crippen LogP contribution < -0.4 is 5.32 Å². The van der Waals surface area contributed by atoms with Crippen LogP contribution in [-0.4, -0.2) is 29.2 Å². The molecule has 2 rings (SSSR count). The van der Waals surface area contributed by atoms with E-state index >= 15 is 0 Å². The molecule has 0 radical (unpaired) electrons. The van der Waals surface area contributed by atoms with Crippen LogP contribution in [0.15, 0.2) is 35.4 Å². The molecule has 20 heavy (non-hydrogen) atoms. The van der Waals surface area contributed by atoms with Crippen LogP contribution in [0.4, 0.5) is 0 Å². The molecule has 0 spiro atoms. The Bertz CT molecular complexity index is 484. The Hall–Kier alpha value is -1.84. The van der Waals surface area contributed by atoms with Gasteiger partial charge in [-0.25, -0.2) is 0 Å². The molecule has 4 heteroatoms. The minimum atomic E-state index is -0.0313. The van der Waals surface area contributed by atoms with Crippen molar-refractivity contribution in [3.05, 3.63) is 35.9 Å². The van der Waals surface area contributed by atoms with E-state index in [-0.39, 0.29) is 18.0 Å². The number of nitrogens with one attached hydrogen (secondary N) is 1. The lowest BCUT2D eigenvalue weighted by Crippen LogP contribution is -2.36. The van der Waals surface area contributed by atoms with Crippen molar-refractivity contribution in [2.75, 3.05) is 6.54 Å². The SMILES string of the molecule is CCC(C)NC(=O)C1=NN(CC)C(c2ccccc2)C1. The summed E-state index contributed by atoms with van der Waals surface area (Å²) in [7, 11) is 0. The van der Waals surface area contributed by atoms with Crippen LogP contribution in [0.5, 0.6) is 0 Å². The number of hydrazone groups is 1. The lowest BCUT2D eigenvalue weighted by molar-refractivity contribution is -0.115. The molecule has 0 saturated heterocycles. The van der Waals surface area contributed by atoms with Crippen LogP contribution in [-0.2, 0) is 4.79 Å². The van der Waals surface area contributed by atoms with Crippen molar-refractivity contribution >= 4 is 11.6 Å². The predicted octanol–water partition coefficient (Wildman–Crippen LogP) is 2.72. The van der Waals surface area contributed by atoms with Gasteiger partial charge in [-0.1, -0.05) is 37.3 Å². The Kier molecular flexibility index (Phi) is 4.77. The Morgan fingerprint density at radius 1 is 1.40 bits per heavy atom. The van der Waals surface area contributed by atoms with Gasteiger partial charge in [0.15, 0.2) is 0 Å². The number of carbonyl (C=O) groups excluding carboxylic acids is 1. The third-order valence-electron chi connectivity index (χ3n) is 3.76. The monoisotopic (exact) mass is 273 g/mol. The molecular formula is C16H23N3O. The van der Waals surface area contributed by atoms with Crippen molar-refractivity contribution in [2.45, 2.75) is 45.7 Å². The van der Waals surface area contributed by atoms with Crippen LogP contribution in [0.25, 0.3) is 0 Å². The maximum Gasteiger partial charge on any atom is 0.267 e. The van der Waals surface area contributed by atoms with Crippen molar-refractivity contribution in [1.82, 2.24) is 10.3 Å². The number of hydrogen-bond acceptors (Lipinski definition) is 3. The molecule has 108 valence electrons. The Morgan fingerprint density at radius 2 is 2.10 bits per heavy atom. The minimum Gasteiger partial charge on any atom is -0.348 e. The van der Waals surface area contributed by atoms with Gasteiger partial charge in [0.1, 0.15) is 5.71 Å². The van der Waals surface area contributed by atoms with E-state index in [2.05, 4.69) is 36.4 Å². The summed E-state index contributed by atoms with van der Waals surface area (Å²) in [6, 6.07) is 10.6. The van der Waals surface area contributed by atoms with Crippen LogP contribution in [0.1, 0.15) is 45.2 Å². The summed E-state index contributed by atoms with van der Waals surface area (Å²) >= 11 is 0. The first kappa shape index (κ1) is 14.6. The molecule has 4 nitrogen and oxygen atoms in total. The molecule has 2 unspecified atom stereocenters. The fourth-order valence-corrected chi connectivity index (χ4v) is 2.36. The largest absolute Gasteiger partial charge is 0.348 e. The zero-order valence-corrected chi connectivity index (χ0v) is 12.5. The van der Waals surface area contributed by atoms with E-state index < -0.39 is 0 Å². The Labute approximate surface area is 120 Å². The second-order valence-corrected chi connectivity index (χ2v) is 5.22. The van der Waals surface area contributed by atoms with Crippen molar-refractivity contribution in [1.29, 1.82) is 0 Å². The van der Waals surface area contributed by atoms with E-state index in [9.17, 15) is 4.79 Å². The molecule has 1 aliphatic heterocycles. The molecule has 1 aromatic carbocycles. The highest BCUT2D eigenvalue weighted by atomic mass is 16.2. The van der Waals surface area contributed by atoms with E-state index in [1.807, 2.05) is 30.1 Å². The molecule has 0 aliphatic carbocycles. The fraction of sp³-hybridized carbons (Fsp3) is 0.500. The van der Waals surface area contributed by atoms with Crippen LogP contribution in [0.3, 0.4) is 0 Å². The fourth-order valence-electron chi connectivity index (χ4n) is 2.36. The third kappa shape index (κ3) is 3.18. The molecule has 1 aliphatic rings. The summed E-state index contributed by atoms with van der Waals surface area (Å²) in [5.74, 6) is -0.0313. The van der Waals surface area contributed by atoms with Crippen LogP contribution in [0.2, 0.25) is 0 Å². The lowest BCUT2D eigenvalue weighted by atomic mass is 10.0. The van der Waals surface area contributed by atoms with E-state index in [0.717, 1.165) is 13.0 Å². The molecular weight excluding hydrogens is 250 g/mol. The van der Waals surface area contributed by atoms with Crippen molar-refractivity contribution in [3.63, 3.8) is 0 Å². The van der Waals surface area contributed by atoms with E-state index in [1.165, 1.54) is 5.56 Å². The van der Waals surface area contributed by atoms with Gasteiger partial charge >= 0.3 is 0 Å². The second kappa shape index (κ2) is 6.55. The van der Waals surface area contributed by atoms with E-state index in [1.54, 1.807) is 0 Å². The average molecular weight is 273 g/mol.